The van der Waals surface area contributed by atoms with Crippen molar-refractivity contribution in [2.75, 3.05) is 18.9 Å². The van der Waals surface area contributed by atoms with Crippen molar-refractivity contribution in [3.05, 3.63) is 52.5 Å². The lowest BCUT2D eigenvalue weighted by Gasteiger charge is -2.10. The van der Waals surface area contributed by atoms with Crippen LogP contribution in [0.2, 0.25) is 5.02 Å². The third-order valence-corrected chi connectivity index (χ3v) is 3.42. The molecule has 0 saturated heterocycles. The van der Waals surface area contributed by atoms with Gasteiger partial charge in [0.2, 0.25) is 0 Å². The van der Waals surface area contributed by atoms with E-state index in [0.717, 1.165) is 33.3 Å². The van der Waals surface area contributed by atoms with Crippen molar-refractivity contribution in [1.29, 1.82) is 0 Å². The van der Waals surface area contributed by atoms with Crippen LogP contribution in [0.3, 0.4) is 0 Å². The Morgan fingerprint density at radius 1 is 0.900 bits per heavy atom. The van der Waals surface area contributed by atoms with Crippen LogP contribution in [-0.4, -0.2) is 13.2 Å². The number of nitrogens with two attached hydrogens (primary N) is 1. The fraction of sp³-hybridized carbons (Fsp3) is 0.250. The van der Waals surface area contributed by atoms with Gasteiger partial charge in [-0.3, -0.25) is 0 Å². The Bertz CT molecular complexity index is 546. The lowest BCUT2D eigenvalue weighted by atomic mass is 10.2. The van der Waals surface area contributed by atoms with Crippen molar-refractivity contribution in [3.63, 3.8) is 0 Å². The molecule has 0 aromatic heterocycles. The van der Waals surface area contributed by atoms with Crippen molar-refractivity contribution in [3.8, 4) is 11.5 Å². The molecule has 0 heterocycles. The van der Waals surface area contributed by atoms with Gasteiger partial charge in [-0.1, -0.05) is 11.6 Å². The van der Waals surface area contributed by atoms with Crippen LogP contribution < -0.4 is 15.2 Å². The molecule has 106 valence electrons. The van der Waals surface area contributed by atoms with Gasteiger partial charge in [0.05, 0.1) is 0 Å². The molecule has 2 rings (SSSR count). The van der Waals surface area contributed by atoms with Gasteiger partial charge in [0.15, 0.2) is 0 Å². The molecule has 0 aliphatic heterocycles. The highest BCUT2D eigenvalue weighted by atomic mass is 35.5. The van der Waals surface area contributed by atoms with Gasteiger partial charge >= 0.3 is 0 Å². The van der Waals surface area contributed by atoms with Gasteiger partial charge in [0, 0.05) is 10.7 Å². The summed E-state index contributed by atoms with van der Waals surface area (Å²) in [6, 6.07) is 11.2. The molecule has 2 N–H and O–H groups in total. The van der Waals surface area contributed by atoms with Crippen LogP contribution in [0, 0.1) is 13.8 Å². The van der Waals surface area contributed by atoms with Gasteiger partial charge < -0.3 is 15.2 Å². The number of benzene rings is 2. The summed E-state index contributed by atoms with van der Waals surface area (Å²) in [6.45, 7) is 4.85. The Kier molecular flexibility index (Phi) is 4.74. The first-order valence-electron chi connectivity index (χ1n) is 6.44. The molecule has 0 fully saturated rings. The van der Waals surface area contributed by atoms with Crippen LogP contribution in [-0.2, 0) is 0 Å². The van der Waals surface area contributed by atoms with Crippen LogP contribution in [0.15, 0.2) is 36.4 Å². The number of halogens is 1. The molecule has 0 spiro atoms. The third-order valence-electron chi connectivity index (χ3n) is 2.99. The molecule has 0 amide bonds. The van der Waals surface area contributed by atoms with E-state index in [0.29, 0.717) is 13.2 Å². The average Bonchev–Trinajstić information content (AvgIpc) is 2.42. The summed E-state index contributed by atoms with van der Waals surface area (Å²) in [4.78, 5) is 0. The van der Waals surface area contributed by atoms with E-state index in [1.54, 1.807) is 0 Å². The molecule has 4 heteroatoms. The van der Waals surface area contributed by atoms with E-state index in [9.17, 15) is 0 Å². The zero-order chi connectivity index (χ0) is 14.5. The number of hydrogen-bond donors (Lipinski definition) is 1. The number of rotatable bonds is 5. The minimum absolute atomic E-state index is 0.477. The summed E-state index contributed by atoms with van der Waals surface area (Å²) < 4.78 is 11.2. The van der Waals surface area contributed by atoms with E-state index in [2.05, 4.69) is 0 Å². The number of nitrogen functional groups attached to an aromatic ring is 1. The summed E-state index contributed by atoms with van der Waals surface area (Å²) in [5, 5.41) is 0.742. The minimum atomic E-state index is 0.477. The Labute approximate surface area is 124 Å². The molecule has 0 saturated carbocycles. The largest absolute Gasteiger partial charge is 0.490 e. The van der Waals surface area contributed by atoms with Gasteiger partial charge in [0.1, 0.15) is 24.7 Å². The van der Waals surface area contributed by atoms with Gasteiger partial charge in [-0.15, -0.1) is 0 Å². The van der Waals surface area contributed by atoms with E-state index in [1.165, 1.54) is 0 Å². The monoisotopic (exact) mass is 291 g/mol. The molecule has 2 aromatic carbocycles. The van der Waals surface area contributed by atoms with Crippen molar-refractivity contribution in [2.45, 2.75) is 13.8 Å². The van der Waals surface area contributed by atoms with Crippen LogP contribution in [0.5, 0.6) is 11.5 Å². The quantitative estimate of drug-likeness (QED) is 0.669. The van der Waals surface area contributed by atoms with Crippen molar-refractivity contribution >= 4 is 17.3 Å². The second-order valence-electron chi connectivity index (χ2n) is 4.63. The topological polar surface area (TPSA) is 44.5 Å². The van der Waals surface area contributed by atoms with Crippen LogP contribution in [0.25, 0.3) is 0 Å². The highest BCUT2D eigenvalue weighted by Crippen LogP contribution is 2.21. The lowest BCUT2D eigenvalue weighted by Crippen LogP contribution is -2.09. The second-order valence-corrected chi connectivity index (χ2v) is 5.03. The summed E-state index contributed by atoms with van der Waals surface area (Å²) in [7, 11) is 0. The highest BCUT2D eigenvalue weighted by Gasteiger charge is 2.00. The first kappa shape index (κ1) is 14.5. The lowest BCUT2D eigenvalue weighted by molar-refractivity contribution is 0.217. The molecule has 0 atom stereocenters. The number of hydrogen-bond acceptors (Lipinski definition) is 3. The third kappa shape index (κ3) is 3.81. The number of aryl methyl sites for hydroxylation is 2. The molecule has 0 aliphatic carbocycles. The Morgan fingerprint density at radius 2 is 1.45 bits per heavy atom. The van der Waals surface area contributed by atoms with Crippen LogP contribution in [0.4, 0.5) is 5.69 Å². The van der Waals surface area contributed by atoms with Gasteiger partial charge in [0.25, 0.3) is 0 Å². The van der Waals surface area contributed by atoms with Crippen LogP contribution >= 0.6 is 11.6 Å². The van der Waals surface area contributed by atoms with E-state index in [4.69, 9.17) is 26.8 Å². The molecule has 0 radical (unpaired) electrons. The first-order chi connectivity index (χ1) is 9.56. The van der Waals surface area contributed by atoms with Crippen LogP contribution in [0.1, 0.15) is 11.1 Å². The van der Waals surface area contributed by atoms with Gasteiger partial charge in [-0.25, -0.2) is 0 Å². The smallest absolute Gasteiger partial charge is 0.122 e. The predicted molar refractivity (Wildman–Crippen MR) is 82.8 cm³/mol. The fourth-order valence-corrected chi connectivity index (χ4v) is 1.88. The van der Waals surface area contributed by atoms with Gasteiger partial charge in [-0.2, -0.15) is 0 Å². The standard InChI is InChI=1S/C16H18ClNO2/c1-11-9-13(3-5-15(11)17)19-7-8-20-14-4-6-16(18)12(2)10-14/h3-6,9-10H,7-8,18H2,1-2H3. The van der Waals surface area contributed by atoms with E-state index >= 15 is 0 Å². The first-order valence-corrected chi connectivity index (χ1v) is 6.82. The fourth-order valence-electron chi connectivity index (χ4n) is 1.76. The van der Waals surface area contributed by atoms with Gasteiger partial charge in [-0.05, 0) is 61.4 Å². The second kappa shape index (κ2) is 6.53. The maximum absolute atomic E-state index is 5.96. The maximum Gasteiger partial charge on any atom is 0.122 e. The Morgan fingerprint density at radius 3 is 2.00 bits per heavy atom. The molecule has 0 unspecified atom stereocenters. The molecule has 20 heavy (non-hydrogen) atoms. The molecular weight excluding hydrogens is 274 g/mol. The molecule has 0 bridgehead atoms. The zero-order valence-electron chi connectivity index (χ0n) is 11.7. The SMILES string of the molecule is Cc1cc(OCCOc2ccc(Cl)c(C)c2)ccc1N. The average molecular weight is 292 g/mol. The van der Waals surface area contributed by atoms with Crippen molar-refractivity contribution in [1.82, 2.24) is 0 Å². The molecule has 3 nitrogen and oxygen atoms in total. The zero-order valence-corrected chi connectivity index (χ0v) is 12.4. The Hall–Kier alpha value is -1.87. The van der Waals surface area contributed by atoms with E-state index < -0.39 is 0 Å². The van der Waals surface area contributed by atoms with Crippen molar-refractivity contribution in [2.24, 2.45) is 0 Å². The summed E-state index contributed by atoms with van der Waals surface area (Å²) in [5.41, 5.74) is 8.53. The van der Waals surface area contributed by atoms with E-state index in [1.807, 2.05) is 50.2 Å². The summed E-state index contributed by atoms with van der Waals surface area (Å²) in [6.07, 6.45) is 0. The van der Waals surface area contributed by atoms with E-state index in [-0.39, 0.29) is 0 Å². The molecule has 2 aromatic rings. The highest BCUT2D eigenvalue weighted by molar-refractivity contribution is 6.31. The number of ether oxygens (including phenoxy) is 2. The normalized spacial score (nSPS) is 10.3. The minimum Gasteiger partial charge on any atom is -0.490 e. The predicted octanol–water partition coefficient (Wildman–Crippen LogP) is 4.00. The molecule has 0 aliphatic rings. The maximum atomic E-state index is 5.96. The summed E-state index contributed by atoms with van der Waals surface area (Å²) >= 11 is 5.96. The molecular formula is C16H18ClNO2. The number of anilines is 1. The summed E-state index contributed by atoms with van der Waals surface area (Å²) in [5.74, 6) is 1.59. The Balaban J connectivity index is 1.81. The van der Waals surface area contributed by atoms with Crippen molar-refractivity contribution < 1.29 is 9.47 Å².